The zero-order valence-corrected chi connectivity index (χ0v) is 11.3. The van der Waals surface area contributed by atoms with Gasteiger partial charge in [-0.15, -0.1) is 11.3 Å². The van der Waals surface area contributed by atoms with Crippen LogP contribution in [0.4, 0.5) is 15.8 Å². The molecule has 1 aromatic heterocycles. The normalized spacial score (nSPS) is 12.2. The number of rotatable bonds is 4. The van der Waals surface area contributed by atoms with Crippen molar-refractivity contribution >= 4 is 22.7 Å². The second-order valence-electron chi connectivity index (χ2n) is 4.24. The van der Waals surface area contributed by atoms with Crippen LogP contribution in [0.5, 0.6) is 0 Å². The average molecular weight is 280 g/mol. The summed E-state index contributed by atoms with van der Waals surface area (Å²) in [4.78, 5) is 12.1. The van der Waals surface area contributed by atoms with Crippen molar-refractivity contribution in [1.82, 2.24) is 0 Å². The van der Waals surface area contributed by atoms with E-state index in [4.69, 9.17) is 0 Å². The first-order valence-electron chi connectivity index (χ1n) is 5.74. The number of nitro groups is 1. The number of hydrogen-bond donors (Lipinski definition) is 1. The fourth-order valence-electron chi connectivity index (χ4n) is 1.75. The number of nitro benzene ring substituents is 1. The molecule has 0 bridgehead atoms. The molecule has 100 valence electrons. The van der Waals surface area contributed by atoms with Crippen LogP contribution in [0.3, 0.4) is 0 Å². The van der Waals surface area contributed by atoms with Crippen LogP contribution in [0.2, 0.25) is 0 Å². The predicted molar refractivity (Wildman–Crippen MR) is 74.1 cm³/mol. The second-order valence-corrected chi connectivity index (χ2v) is 5.56. The van der Waals surface area contributed by atoms with Crippen LogP contribution in [-0.2, 0) is 0 Å². The van der Waals surface area contributed by atoms with Gasteiger partial charge in [0.05, 0.1) is 11.0 Å². The lowest BCUT2D eigenvalue weighted by molar-refractivity contribution is -0.387. The molecule has 0 saturated heterocycles. The summed E-state index contributed by atoms with van der Waals surface area (Å²) in [5.74, 6) is -0.829. The number of hydrogen-bond acceptors (Lipinski definition) is 4. The zero-order valence-electron chi connectivity index (χ0n) is 10.5. The Balaban J connectivity index is 2.15. The van der Waals surface area contributed by atoms with Gasteiger partial charge in [0.2, 0.25) is 5.82 Å². The van der Waals surface area contributed by atoms with Crippen LogP contribution in [0.15, 0.2) is 30.3 Å². The number of nitrogens with zero attached hydrogens (tertiary/aromatic N) is 1. The second kappa shape index (κ2) is 5.36. The van der Waals surface area contributed by atoms with Crippen LogP contribution < -0.4 is 5.32 Å². The van der Waals surface area contributed by atoms with E-state index in [0.29, 0.717) is 5.69 Å². The molecule has 1 heterocycles. The Morgan fingerprint density at radius 2 is 2.11 bits per heavy atom. The molecule has 2 rings (SSSR count). The summed E-state index contributed by atoms with van der Waals surface area (Å²) in [5.41, 5.74) is 0.0202. The Hall–Kier alpha value is -1.95. The molecule has 19 heavy (non-hydrogen) atoms. The van der Waals surface area contributed by atoms with Crippen molar-refractivity contribution in [3.63, 3.8) is 0 Å². The molecule has 0 aliphatic carbocycles. The lowest BCUT2D eigenvalue weighted by Gasteiger charge is -2.13. The van der Waals surface area contributed by atoms with Gasteiger partial charge in [-0.3, -0.25) is 10.1 Å². The van der Waals surface area contributed by atoms with Crippen molar-refractivity contribution in [2.45, 2.75) is 19.9 Å². The molecule has 0 amide bonds. The molecule has 1 atom stereocenters. The van der Waals surface area contributed by atoms with Crippen LogP contribution >= 0.6 is 11.3 Å². The highest BCUT2D eigenvalue weighted by atomic mass is 32.1. The van der Waals surface area contributed by atoms with Crippen molar-refractivity contribution < 1.29 is 9.31 Å². The minimum atomic E-state index is -0.829. The van der Waals surface area contributed by atoms with E-state index in [1.54, 1.807) is 11.3 Å². The Bertz CT molecular complexity index is 612. The Labute approximate surface area is 114 Å². The van der Waals surface area contributed by atoms with E-state index in [2.05, 4.69) is 5.32 Å². The number of nitrogens with one attached hydrogen (secondary N) is 1. The van der Waals surface area contributed by atoms with Crippen LogP contribution in [0.25, 0.3) is 0 Å². The van der Waals surface area contributed by atoms with E-state index < -0.39 is 16.4 Å². The molecule has 2 aromatic rings. The molecule has 0 aliphatic heterocycles. The topological polar surface area (TPSA) is 55.2 Å². The molecule has 1 N–H and O–H groups in total. The van der Waals surface area contributed by atoms with Gasteiger partial charge in [-0.1, -0.05) is 0 Å². The molecule has 0 radical (unpaired) electrons. The lowest BCUT2D eigenvalue weighted by Crippen LogP contribution is -2.05. The maximum absolute atomic E-state index is 13.5. The standard InChI is InChI=1S/C13H13FN2O2S/c1-8-3-6-13(19-8)9(2)15-10-4-5-12(16(17)18)11(14)7-10/h3-7,9,15H,1-2H3. The van der Waals surface area contributed by atoms with Crippen LogP contribution in [0.1, 0.15) is 22.7 Å². The van der Waals surface area contributed by atoms with E-state index in [9.17, 15) is 14.5 Å². The summed E-state index contributed by atoms with van der Waals surface area (Å²) in [6.07, 6.45) is 0. The van der Waals surface area contributed by atoms with Crippen LogP contribution in [0, 0.1) is 22.9 Å². The maximum atomic E-state index is 13.5. The van der Waals surface area contributed by atoms with Crippen LogP contribution in [-0.4, -0.2) is 4.92 Å². The third-order valence-corrected chi connectivity index (χ3v) is 3.90. The molecular weight excluding hydrogens is 267 g/mol. The van der Waals surface area contributed by atoms with E-state index in [1.807, 2.05) is 26.0 Å². The van der Waals surface area contributed by atoms with Crippen molar-refractivity contribution in [3.05, 3.63) is 56.0 Å². The molecule has 0 saturated carbocycles. The maximum Gasteiger partial charge on any atom is 0.304 e. The summed E-state index contributed by atoms with van der Waals surface area (Å²) in [6.45, 7) is 3.98. The van der Waals surface area contributed by atoms with E-state index >= 15 is 0 Å². The molecule has 0 spiro atoms. The molecular formula is C13H13FN2O2S. The number of anilines is 1. The number of benzene rings is 1. The van der Waals surface area contributed by atoms with Gasteiger partial charge in [0.15, 0.2) is 0 Å². The van der Waals surface area contributed by atoms with Gasteiger partial charge >= 0.3 is 5.69 Å². The van der Waals surface area contributed by atoms with Gasteiger partial charge in [-0.2, -0.15) is 4.39 Å². The van der Waals surface area contributed by atoms with Crippen molar-refractivity contribution in [2.75, 3.05) is 5.32 Å². The summed E-state index contributed by atoms with van der Waals surface area (Å²) in [5, 5.41) is 13.7. The zero-order chi connectivity index (χ0) is 14.0. The predicted octanol–water partition coefficient (Wildman–Crippen LogP) is 4.28. The van der Waals surface area contributed by atoms with Gasteiger partial charge in [0, 0.05) is 27.6 Å². The average Bonchev–Trinajstić information content (AvgIpc) is 2.75. The first-order valence-corrected chi connectivity index (χ1v) is 6.56. The van der Waals surface area contributed by atoms with Crippen molar-refractivity contribution in [1.29, 1.82) is 0 Å². The van der Waals surface area contributed by atoms with Gasteiger partial charge in [-0.25, -0.2) is 0 Å². The molecule has 4 nitrogen and oxygen atoms in total. The summed E-state index contributed by atoms with van der Waals surface area (Å²) >= 11 is 1.66. The van der Waals surface area contributed by atoms with Gasteiger partial charge in [0.1, 0.15) is 0 Å². The Kier molecular flexibility index (Phi) is 3.80. The van der Waals surface area contributed by atoms with Gasteiger partial charge in [-0.05, 0) is 32.0 Å². The number of thiophene rings is 1. The van der Waals surface area contributed by atoms with Crippen molar-refractivity contribution in [3.8, 4) is 0 Å². The summed E-state index contributed by atoms with van der Waals surface area (Å²) < 4.78 is 13.5. The van der Waals surface area contributed by atoms with Gasteiger partial charge < -0.3 is 5.32 Å². The van der Waals surface area contributed by atoms with Gasteiger partial charge in [0.25, 0.3) is 0 Å². The fourth-order valence-corrected chi connectivity index (χ4v) is 2.63. The monoisotopic (exact) mass is 280 g/mol. The first kappa shape index (κ1) is 13.5. The quantitative estimate of drug-likeness (QED) is 0.672. The summed E-state index contributed by atoms with van der Waals surface area (Å²) in [6, 6.07) is 7.89. The third kappa shape index (κ3) is 3.08. The molecule has 0 aliphatic rings. The Morgan fingerprint density at radius 1 is 1.37 bits per heavy atom. The number of halogens is 1. The highest BCUT2D eigenvalue weighted by Crippen LogP contribution is 2.27. The van der Waals surface area contributed by atoms with E-state index in [-0.39, 0.29) is 6.04 Å². The van der Waals surface area contributed by atoms with E-state index in [1.165, 1.54) is 17.0 Å². The lowest BCUT2D eigenvalue weighted by atomic mass is 10.2. The smallest absolute Gasteiger partial charge is 0.304 e. The Morgan fingerprint density at radius 3 is 2.63 bits per heavy atom. The highest BCUT2D eigenvalue weighted by Gasteiger charge is 2.15. The number of aryl methyl sites for hydroxylation is 1. The largest absolute Gasteiger partial charge is 0.378 e. The highest BCUT2D eigenvalue weighted by molar-refractivity contribution is 7.12. The minimum absolute atomic E-state index is 0.0274. The fraction of sp³-hybridized carbons (Fsp3) is 0.231. The molecule has 6 heteroatoms. The molecule has 0 fully saturated rings. The third-order valence-electron chi connectivity index (χ3n) is 2.72. The summed E-state index contributed by atoms with van der Waals surface area (Å²) in [7, 11) is 0. The van der Waals surface area contributed by atoms with Crippen molar-refractivity contribution in [2.24, 2.45) is 0 Å². The molecule has 1 aromatic carbocycles. The molecule has 1 unspecified atom stereocenters. The minimum Gasteiger partial charge on any atom is -0.378 e. The SMILES string of the molecule is Cc1ccc(C(C)Nc2ccc([N+](=O)[O-])c(F)c2)s1. The first-order chi connectivity index (χ1) is 8.97. The van der Waals surface area contributed by atoms with E-state index in [0.717, 1.165) is 10.9 Å².